The highest BCUT2D eigenvalue weighted by Crippen LogP contribution is 2.37. The summed E-state index contributed by atoms with van der Waals surface area (Å²) in [4.78, 5) is 24.4. The fourth-order valence-electron chi connectivity index (χ4n) is 2.64. The number of nitrogens with one attached hydrogen (secondary N) is 3. The number of ether oxygens (including phenoxy) is 2. The van der Waals surface area contributed by atoms with Crippen molar-refractivity contribution in [3.8, 4) is 11.5 Å². The smallest absolute Gasteiger partial charge is 0.255 e. The molecule has 0 bridgehead atoms. The van der Waals surface area contributed by atoms with Crippen molar-refractivity contribution in [2.24, 2.45) is 0 Å². The SMILES string of the molecule is CCC(=O)Nc1cc(C(=O)Nc2cc(OC)c(NC)c(OC)c2)ccc1CO. The van der Waals surface area contributed by atoms with Crippen molar-refractivity contribution in [3.63, 3.8) is 0 Å². The van der Waals surface area contributed by atoms with Crippen LogP contribution in [-0.2, 0) is 11.4 Å². The third-order valence-electron chi connectivity index (χ3n) is 4.15. The van der Waals surface area contributed by atoms with Gasteiger partial charge in [0.25, 0.3) is 5.91 Å². The number of methoxy groups -OCH3 is 2. The summed E-state index contributed by atoms with van der Waals surface area (Å²) in [6.07, 6.45) is 0.290. The number of aliphatic hydroxyl groups excluding tert-OH is 1. The Bertz CT molecular complexity index is 842. The average Bonchev–Trinajstić information content (AvgIpc) is 2.72. The van der Waals surface area contributed by atoms with Crippen LogP contribution in [0.5, 0.6) is 11.5 Å². The first-order valence-electron chi connectivity index (χ1n) is 8.76. The van der Waals surface area contributed by atoms with Crippen molar-refractivity contribution in [1.29, 1.82) is 0 Å². The number of anilines is 3. The molecule has 28 heavy (non-hydrogen) atoms. The number of hydrogen-bond acceptors (Lipinski definition) is 6. The highest BCUT2D eigenvalue weighted by molar-refractivity contribution is 6.06. The molecule has 0 spiro atoms. The van der Waals surface area contributed by atoms with Gasteiger partial charge in [0.15, 0.2) is 0 Å². The van der Waals surface area contributed by atoms with E-state index in [1.54, 1.807) is 38.2 Å². The molecule has 0 aromatic heterocycles. The summed E-state index contributed by atoms with van der Waals surface area (Å²) in [7, 11) is 4.79. The van der Waals surface area contributed by atoms with Gasteiger partial charge in [0.1, 0.15) is 17.2 Å². The fraction of sp³-hybridized carbons (Fsp3) is 0.300. The molecule has 2 aromatic rings. The van der Waals surface area contributed by atoms with Crippen LogP contribution in [0.4, 0.5) is 17.1 Å². The monoisotopic (exact) mass is 387 g/mol. The number of carbonyl (C=O) groups is 2. The molecule has 0 radical (unpaired) electrons. The van der Waals surface area contributed by atoms with E-state index in [1.807, 2.05) is 0 Å². The summed E-state index contributed by atoms with van der Waals surface area (Å²) in [5, 5.41) is 17.9. The molecule has 0 aliphatic heterocycles. The predicted molar refractivity (Wildman–Crippen MR) is 108 cm³/mol. The Balaban J connectivity index is 2.32. The Labute approximate surface area is 163 Å². The average molecular weight is 387 g/mol. The van der Waals surface area contributed by atoms with Crippen molar-refractivity contribution in [2.75, 3.05) is 37.2 Å². The van der Waals surface area contributed by atoms with Crippen molar-refractivity contribution in [1.82, 2.24) is 0 Å². The van der Waals surface area contributed by atoms with E-state index in [4.69, 9.17) is 9.47 Å². The van der Waals surface area contributed by atoms with Crippen LogP contribution >= 0.6 is 0 Å². The van der Waals surface area contributed by atoms with Crippen LogP contribution in [0.15, 0.2) is 30.3 Å². The van der Waals surface area contributed by atoms with Crippen LogP contribution in [-0.4, -0.2) is 38.2 Å². The van der Waals surface area contributed by atoms with E-state index >= 15 is 0 Å². The van der Waals surface area contributed by atoms with Crippen LogP contribution in [0.3, 0.4) is 0 Å². The first-order valence-corrected chi connectivity index (χ1v) is 8.76. The van der Waals surface area contributed by atoms with Gasteiger partial charge in [0, 0.05) is 48.1 Å². The van der Waals surface area contributed by atoms with Crippen LogP contribution in [0.1, 0.15) is 29.3 Å². The van der Waals surface area contributed by atoms with E-state index in [9.17, 15) is 14.7 Å². The molecule has 0 aliphatic rings. The summed E-state index contributed by atoms with van der Waals surface area (Å²) >= 11 is 0. The molecule has 0 atom stereocenters. The Kier molecular flexibility index (Phi) is 7.22. The standard InChI is InChI=1S/C20H25N3O5/c1-5-18(25)23-15-8-12(6-7-13(15)11-24)20(26)22-14-9-16(27-3)19(21-2)17(10-14)28-4/h6-10,21,24H,5,11H2,1-4H3,(H,22,26)(H,23,25). The van der Waals surface area contributed by atoms with Crippen LogP contribution < -0.4 is 25.4 Å². The molecule has 0 aliphatic carbocycles. The molecule has 0 heterocycles. The van der Waals surface area contributed by atoms with Gasteiger partial charge in [-0.05, 0) is 12.1 Å². The van der Waals surface area contributed by atoms with E-state index in [1.165, 1.54) is 20.3 Å². The van der Waals surface area contributed by atoms with Gasteiger partial charge in [-0.3, -0.25) is 9.59 Å². The Morgan fingerprint density at radius 2 is 1.68 bits per heavy atom. The summed E-state index contributed by atoms with van der Waals surface area (Å²) in [6.45, 7) is 1.47. The van der Waals surface area contributed by atoms with Crippen molar-refractivity contribution >= 4 is 28.9 Å². The Hall–Kier alpha value is -3.26. The van der Waals surface area contributed by atoms with Crippen LogP contribution in [0.2, 0.25) is 0 Å². The second kappa shape index (κ2) is 9.61. The van der Waals surface area contributed by atoms with Gasteiger partial charge in [0.2, 0.25) is 5.91 Å². The fourth-order valence-corrected chi connectivity index (χ4v) is 2.64. The number of benzene rings is 2. The maximum absolute atomic E-state index is 12.7. The molecule has 2 rings (SSSR count). The Morgan fingerprint density at radius 3 is 2.18 bits per heavy atom. The lowest BCUT2D eigenvalue weighted by molar-refractivity contribution is -0.115. The molecule has 2 aromatic carbocycles. The van der Waals surface area contributed by atoms with Crippen LogP contribution in [0, 0.1) is 0 Å². The molecule has 4 N–H and O–H groups in total. The van der Waals surface area contributed by atoms with E-state index in [-0.39, 0.29) is 18.4 Å². The van der Waals surface area contributed by atoms with E-state index < -0.39 is 0 Å². The molecule has 0 unspecified atom stereocenters. The lowest BCUT2D eigenvalue weighted by atomic mass is 10.1. The molecule has 0 saturated carbocycles. The number of carbonyl (C=O) groups excluding carboxylic acids is 2. The second-order valence-electron chi connectivity index (χ2n) is 5.89. The molecule has 150 valence electrons. The summed E-state index contributed by atoms with van der Waals surface area (Å²) in [5.41, 5.74) is 2.42. The third kappa shape index (κ3) is 4.72. The van der Waals surface area contributed by atoms with Gasteiger partial charge in [-0.2, -0.15) is 0 Å². The molecule has 0 saturated heterocycles. The topological polar surface area (TPSA) is 109 Å². The quantitative estimate of drug-likeness (QED) is 0.555. The highest BCUT2D eigenvalue weighted by atomic mass is 16.5. The van der Waals surface area contributed by atoms with Gasteiger partial charge in [-0.15, -0.1) is 0 Å². The van der Waals surface area contributed by atoms with Crippen LogP contribution in [0.25, 0.3) is 0 Å². The largest absolute Gasteiger partial charge is 0.494 e. The van der Waals surface area contributed by atoms with Crippen molar-refractivity contribution in [2.45, 2.75) is 20.0 Å². The zero-order valence-electron chi connectivity index (χ0n) is 16.4. The maximum Gasteiger partial charge on any atom is 0.255 e. The zero-order valence-corrected chi connectivity index (χ0v) is 16.4. The highest BCUT2D eigenvalue weighted by Gasteiger charge is 2.15. The number of aliphatic hydroxyl groups is 1. The minimum atomic E-state index is -0.377. The summed E-state index contributed by atoms with van der Waals surface area (Å²) in [5.74, 6) is 0.453. The molecule has 0 fully saturated rings. The van der Waals surface area contributed by atoms with E-state index in [0.717, 1.165) is 0 Å². The minimum Gasteiger partial charge on any atom is -0.494 e. The Morgan fingerprint density at radius 1 is 1.04 bits per heavy atom. The molecule has 2 amide bonds. The van der Waals surface area contributed by atoms with Crippen molar-refractivity contribution < 1.29 is 24.2 Å². The normalized spacial score (nSPS) is 10.2. The summed E-state index contributed by atoms with van der Waals surface area (Å²) in [6, 6.07) is 8.07. The minimum absolute atomic E-state index is 0.204. The van der Waals surface area contributed by atoms with Gasteiger partial charge in [-0.1, -0.05) is 13.0 Å². The first-order chi connectivity index (χ1) is 13.5. The molecular weight excluding hydrogens is 362 g/mol. The number of amides is 2. The molecule has 8 heteroatoms. The number of rotatable bonds is 8. The third-order valence-corrected chi connectivity index (χ3v) is 4.15. The molecule has 8 nitrogen and oxygen atoms in total. The predicted octanol–water partition coefficient (Wildman–Crippen LogP) is 2.84. The van der Waals surface area contributed by atoms with Gasteiger partial charge < -0.3 is 30.5 Å². The zero-order chi connectivity index (χ0) is 20.7. The summed E-state index contributed by atoms with van der Waals surface area (Å²) < 4.78 is 10.7. The van der Waals surface area contributed by atoms with E-state index in [2.05, 4.69) is 16.0 Å². The lowest BCUT2D eigenvalue weighted by Gasteiger charge is -2.16. The molecular formula is C20H25N3O5. The first kappa shape index (κ1) is 21.0. The van der Waals surface area contributed by atoms with E-state index in [0.29, 0.717) is 46.1 Å². The number of hydrogen-bond donors (Lipinski definition) is 4. The second-order valence-corrected chi connectivity index (χ2v) is 5.89. The van der Waals surface area contributed by atoms with Gasteiger partial charge in [0.05, 0.1) is 20.8 Å². The lowest BCUT2D eigenvalue weighted by Crippen LogP contribution is -2.15. The maximum atomic E-state index is 12.7. The van der Waals surface area contributed by atoms with Crippen molar-refractivity contribution in [3.05, 3.63) is 41.5 Å². The van der Waals surface area contributed by atoms with Gasteiger partial charge in [-0.25, -0.2) is 0 Å². The van der Waals surface area contributed by atoms with Gasteiger partial charge >= 0.3 is 0 Å².